The monoisotopic (exact) mass is 880 g/mol. The Morgan fingerprint density at radius 3 is 1.19 bits per heavy atom. The molecule has 1 fully saturated rings. The quantitative estimate of drug-likeness (QED) is 0.0276. The van der Waals surface area contributed by atoms with E-state index in [2.05, 4.69) is 63.4 Å². The van der Waals surface area contributed by atoms with Gasteiger partial charge in [0.2, 0.25) is 5.91 Å². The van der Waals surface area contributed by atoms with Crippen LogP contribution < -0.4 is 5.32 Å². The summed E-state index contributed by atoms with van der Waals surface area (Å²) in [7, 11) is 0. The SMILES string of the molecule is CC(C)CCCCCCCCCCCCCC=CC1(CCCCCCCCC=CCCCCCCCC(=O)O)C(=O)NC(=O)C1=CCCCCCCCCCCCCCCC(C)C. The van der Waals surface area contributed by atoms with E-state index in [0.29, 0.717) is 6.42 Å². The fraction of sp³-hybridized carbons (Fsp3) is 0.845. The molecule has 0 aromatic carbocycles. The predicted octanol–water partition coefficient (Wildman–Crippen LogP) is 18.4. The minimum absolute atomic E-state index is 0.101. The van der Waals surface area contributed by atoms with Gasteiger partial charge in [-0.3, -0.25) is 19.7 Å². The lowest BCUT2D eigenvalue weighted by molar-refractivity contribution is -0.137. The highest BCUT2D eigenvalue weighted by Gasteiger charge is 2.48. The van der Waals surface area contributed by atoms with Crippen LogP contribution in [0.3, 0.4) is 0 Å². The van der Waals surface area contributed by atoms with E-state index in [0.717, 1.165) is 94.5 Å². The minimum Gasteiger partial charge on any atom is -0.481 e. The number of aliphatic carboxylic acids is 1. The topological polar surface area (TPSA) is 83.5 Å². The summed E-state index contributed by atoms with van der Waals surface area (Å²) in [4.78, 5) is 37.6. The van der Waals surface area contributed by atoms with Crippen molar-refractivity contribution < 1.29 is 19.5 Å². The van der Waals surface area contributed by atoms with Gasteiger partial charge in [0.15, 0.2) is 0 Å². The van der Waals surface area contributed by atoms with Crippen molar-refractivity contribution in [3.8, 4) is 0 Å². The third-order valence-corrected chi connectivity index (χ3v) is 13.6. The Morgan fingerprint density at radius 1 is 0.460 bits per heavy atom. The number of hydrogen-bond donors (Lipinski definition) is 2. The van der Waals surface area contributed by atoms with Crippen LogP contribution in [0.15, 0.2) is 36.0 Å². The number of carbonyl (C=O) groups excluding carboxylic acids is 2. The van der Waals surface area contributed by atoms with E-state index in [4.69, 9.17) is 5.11 Å². The number of allylic oxidation sites excluding steroid dienone is 4. The van der Waals surface area contributed by atoms with Crippen LogP contribution in [0.25, 0.3) is 0 Å². The summed E-state index contributed by atoms with van der Waals surface area (Å²) in [6.45, 7) is 9.31. The summed E-state index contributed by atoms with van der Waals surface area (Å²) >= 11 is 0. The molecule has 0 spiro atoms. The van der Waals surface area contributed by atoms with Gasteiger partial charge in [0.1, 0.15) is 0 Å². The van der Waals surface area contributed by atoms with E-state index < -0.39 is 11.4 Å². The Balaban J connectivity index is 2.48. The number of unbranched alkanes of at least 4 members (excludes halogenated alkanes) is 34. The average Bonchev–Trinajstić information content (AvgIpc) is 3.48. The number of rotatable bonds is 47. The first-order chi connectivity index (χ1) is 30.7. The van der Waals surface area contributed by atoms with E-state index in [1.807, 2.05) is 0 Å². The van der Waals surface area contributed by atoms with Crippen molar-refractivity contribution in [3.05, 3.63) is 36.0 Å². The predicted molar refractivity (Wildman–Crippen MR) is 273 cm³/mol. The van der Waals surface area contributed by atoms with Crippen molar-refractivity contribution in [1.82, 2.24) is 5.32 Å². The molecule has 0 radical (unpaired) electrons. The number of carboxylic acid groups (broad SMARTS) is 1. The molecule has 0 bridgehead atoms. The number of nitrogens with one attached hydrogen (secondary N) is 1. The Hall–Kier alpha value is -2.17. The third-order valence-electron chi connectivity index (χ3n) is 13.6. The van der Waals surface area contributed by atoms with Crippen molar-refractivity contribution in [2.75, 3.05) is 0 Å². The van der Waals surface area contributed by atoms with Gasteiger partial charge in [-0.05, 0) is 76.0 Å². The first-order valence-electron chi connectivity index (χ1n) is 27.8. The Morgan fingerprint density at radius 2 is 0.794 bits per heavy atom. The molecule has 0 saturated carbocycles. The number of hydrogen-bond acceptors (Lipinski definition) is 3. The van der Waals surface area contributed by atoms with E-state index in [1.165, 1.54) is 186 Å². The second kappa shape index (κ2) is 42.5. The van der Waals surface area contributed by atoms with Crippen LogP contribution in [0, 0.1) is 17.3 Å². The highest BCUT2D eigenvalue weighted by molar-refractivity contribution is 6.18. The smallest absolute Gasteiger partial charge is 0.303 e. The van der Waals surface area contributed by atoms with Crippen molar-refractivity contribution in [2.24, 2.45) is 17.3 Å². The second-order valence-electron chi connectivity index (χ2n) is 20.7. The number of carbonyl (C=O) groups is 3. The molecule has 0 aromatic rings. The van der Waals surface area contributed by atoms with E-state index in [1.54, 1.807) is 0 Å². The molecule has 0 aromatic heterocycles. The summed E-state index contributed by atoms with van der Waals surface area (Å²) in [5.41, 5.74) is -0.0818. The second-order valence-corrected chi connectivity index (χ2v) is 20.7. The van der Waals surface area contributed by atoms with Gasteiger partial charge in [-0.2, -0.15) is 0 Å². The molecule has 2 N–H and O–H groups in total. The maximum atomic E-state index is 13.6. The van der Waals surface area contributed by atoms with Gasteiger partial charge in [0.25, 0.3) is 5.91 Å². The van der Waals surface area contributed by atoms with Gasteiger partial charge in [0, 0.05) is 12.0 Å². The maximum Gasteiger partial charge on any atom is 0.303 e. The average molecular weight is 880 g/mol. The Kier molecular flexibility index (Phi) is 39.7. The molecule has 1 rings (SSSR count). The largest absolute Gasteiger partial charge is 0.481 e. The molecule has 63 heavy (non-hydrogen) atoms. The Labute approximate surface area is 391 Å². The van der Waals surface area contributed by atoms with Gasteiger partial charge >= 0.3 is 5.97 Å². The summed E-state index contributed by atoms with van der Waals surface area (Å²) in [6.07, 6.45) is 62.1. The molecule has 0 aliphatic carbocycles. The molecule has 1 saturated heterocycles. The van der Waals surface area contributed by atoms with Crippen molar-refractivity contribution >= 4 is 17.8 Å². The van der Waals surface area contributed by atoms with Crippen molar-refractivity contribution in [1.29, 1.82) is 0 Å². The molecule has 1 heterocycles. The molecule has 1 atom stereocenters. The standard InChI is InChI=1S/C58H105NO4/c1-52(2)46-40-34-28-22-16-10-8-12-18-24-30-36-42-48-54-56(62)59-57(63)58(54,51-45-39-33-27-21-15-9-11-17-23-29-35-41-47-53(3)4)50-44-38-32-26-20-14-7-5-6-13-19-25-31-37-43-49-55(60)61/h5-6,45,48,51-53H,7-44,46-47,49-50H2,1-4H3,(H,60,61)(H,59,62,63). The van der Waals surface area contributed by atoms with Crippen LogP contribution in [-0.2, 0) is 14.4 Å². The van der Waals surface area contributed by atoms with E-state index >= 15 is 0 Å². The Bertz CT molecular complexity index is 1180. The van der Waals surface area contributed by atoms with Gasteiger partial charge in [-0.25, -0.2) is 0 Å². The molecule has 5 nitrogen and oxygen atoms in total. The van der Waals surface area contributed by atoms with Crippen molar-refractivity contribution in [2.45, 2.75) is 297 Å². The lowest BCUT2D eigenvalue weighted by atomic mass is 9.76. The van der Waals surface area contributed by atoms with Crippen LogP contribution in [0.5, 0.6) is 0 Å². The van der Waals surface area contributed by atoms with Crippen LogP contribution in [0.4, 0.5) is 0 Å². The van der Waals surface area contributed by atoms with Gasteiger partial charge in [-0.1, -0.05) is 257 Å². The molecule has 1 unspecified atom stereocenters. The van der Waals surface area contributed by atoms with Gasteiger partial charge in [0.05, 0.1) is 5.41 Å². The molecule has 5 heteroatoms. The molecule has 2 amide bonds. The summed E-state index contributed by atoms with van der Waals surface area (Å²) < 4.78 is 0. The molecular weight excluding hydrogens is 775 g/mol. The minimum atomic E-state index is -0.802. The van der Waals surface area contributed by atoms with Crippen molar-refractivity contribution in [3.63, 3.8) is 0 Å². The number of carboxylic acids is 1. The van der Waals surface area contributed by atoms with Crippen LogP contribution in [-0.4, -0.2) is 22.9 Å². The number of amides is 2. The third kappa shape index (κ3) is 34.8. The highest BCUT2D eigenvalue weighted by atomic mass is 16.4. The fourth-order valence-corrected chi connectivity index (χ4v) is 9.46. The normalized spacial score (nSPS) is 16.3. The summed E-state index contributed by atoms with van der Waals surface area (Å²) in [6, 6.07) is 0. The zero-order valence-corrected chi connectivity index (χ0v) is 42.4. The van der Waals surface area contributed by atoms with Crippen LogP contribution in [0.2, 0.25) is 0 Å². The molecular formula is C58H105NO4. The number of imide groups is 1. The zero-order valence-electron chi connectivity index (χ0n) is 42.4. The lowest BCUT2D eigenvalue weighted by Gasteiger charge is -2.23. The van der Waals surface area contributed by atoms with Gasteiger partial charge < -0.3 is 5.11 Å². The molecule has 1 aliphatic heterocycles. The highest BCUT2D eigenvalue weighted by Crippen LogP contribution is 2.41. The lowest BCUT2D eigenvalue weighted by Crippen LogP contribution is -2.30. The maximum absolute atomic E-state index is 13.6. The van der Waals surface area contributed by atoms with Gasteiger partial charge in [-0.15, -0.1) is 0 Å². The van der Waals surface area contributed by atoms with E-state index in [9.17, 15) is 14.4 Å². The van der Waals surface area contributed by atoms with E-state index in [-0.39, 0.29) is 11.8 Å². The van der Waals surface area contributed by atoms with Crippen LogP contribution in [0.1, 0.15) is 297 Å². The summed E-state index contributed by atoms with van der Waals surface area (Å²) in [5, 5.41) is 11.5. The van der Waals surface area contributed by atoms with Crippen LogP contribution >= 0.6 is 0 Å². The first kappa shape index (κ1) is 58.8. The molecule has 366 valence electrons. The first-order valence-corrected chi connectivity index (χ1v) is 27.8. The fourth-order valence-electron chi connectivity index (χ4n) is 9.46. The zero-order chi connectivity index (χ0) is 45.9. The summed E-state index contributed by atoms with van der Waals surface area (Å²) in [5.74, 6) is 0.737. The molecule has 1 aliphatic rings.